The summed E-state index contributed by atoms with van der Waals surface area (Å²) in [6, 6.07) is 9.45. The van der Waals surface area contributed by atoms with E-state index in [9.17, 15) is 4.79 Å². The predicted octanol–water partition coefficient (Wildman–Crippen LogP) is 3.17. The molecule has 0 bridgehead atoms. The van der Waals surface area contributed by atoms with Crippen LogP contribution in [0.5, 0.6) is 0 Å². The predicted molar refractivity (Wildman–Crippen MR) is 107 cm³/mol. The molecule has 0 aliphatic carbocycles. The molecule has 7 heteroatoms. The van der Waals surface area contributed by atoms with Crippen molar-refractivity contribution in [1.82, 2.24) is 20.3 Å². The third-order valence-electron chi connectivity index (χ3n) is 4.54. The van der Waals surface area contributed by atoms with E-state index in [0.717, 1.165) is 48.1 Å². The summed E-state index contributed by atoms with van der Waals surface area (Å²) < 4.78 is 0. The minimum absolute atomic E-state index is 0.0773. The fraction of sp³-hybridized carbons (Fsp3) is 0.300. The first-order chi connectivity index (χ1) is 13.3. The van der Waals surface area contributed by atoms with Crippen LogP contribution in [0.1, 0.15) is 28.2 Å². The number of hydrogen-bond acceptors (Lipinski definition) is 6. The van der Waals surface area contributed by atoms with Crippen LogP contribution >= 0.6 is 11.3 Å². The number of hydrogen-bond donors (Lipinski definition) is 1. The van der Waals surface area contributed by atoms with Crippen LogP contribution in [-0.4, -0.2) is 40.5 Å². The molecule has 1 aliphatic rings. The van der Waals surface area contributed by atoms with Crippen molar-refractivity contribution in [3.05, 3.63) is 58.7 Å². The monoisotopic (exact) mass is 379 g/mol. The molecule has 0 spiro atoms. The highest BCUT2D eigenvalue weighted by molar-refractivity contribution is 7.09. The second-order valence-corrected chi connectivity index (χ2v) is 7.36. The van der Waals surface area contributed by atoms with Gasteiger partial charge in [-0.25, -0.2) is 9.97 Å². The van der Waals surface area contributed by atoms with Gasteiger partial charge in [0.1, 0.15) is 5.82 Å². The van der Waals surface area contributed by atoms with E-state index in [-0.39, 0.29) is 5.91 Å². The van der Waals surface area contributed by atoms with Crippen molar-refractivity contribution >= 4 is 23.1 Å². The number of aromatic nitrogens is 3. The molecule has 138 valence electrons. The number of anilines is 1. The second-order valence-electron chi connectivity index (χ2n) is 6.42. The first-order valence-corrected chi connectivity index (χ1v) is 10.0. The molecule has 1 saturated heterocycles. The molecular formula is C20H21N5OS. The van der Waals surface area contributed by atoms with Crippen LogP contribution in [0.15, 0.2) is 48.1 Å². The van der Waals surface area contributed by atoms with Gasteiger partial charge in [0.25, 0.3) is 5.91 Å². The van der Waals surface area contributed by atoms with Gasteiger partial charge in [-0.05, 0) is 37.1 Å². The highest BCUT2D eigenvalue weighted by atomic mass is 32.1. The quantitative estimate of drug-likeness (QED) is 0.712. The Labute approximate surface area is 162 Å². The third-order valence-corrected chi connectivity index (χ3v) is 5.45. The van der Waals surface area contributed by atoms with Crippen LogP contribution in [0.3, 0.4) is 0 Å². The number of pyridine rings is 2. The smallest absolute Gasteiger partial charge is 0.255 e. The maximum atomic E-state index is 12.6. The Kier molecular flexibility index (Phi) is 5.39. The molecule has 1 fully saturated rings. The Bertz CT molecular complexity index is 906. The number of nitrogens with zero attached hydrogens (tertiary/aromatic N) is 4. The number of amides is 1. The highest BCUT2D eigenvalue weighted by Crippen LogP contribution is 2.22. The van der Waals surface area contributed by atoms with Crippen molar-refractivity contribution in [1.29, 1.82) is 0 Å². The van der Waals surface area contributed by atoms with E-state index in [1.165, 1.54) is 0 Å². The van der Waals surface area contributed by atoms with Crippen molar-refractivity contribution in [2.24, 2.45) is 0 Å². The standard InChI is InChI=1S/C20H21N5OS/c26-20(15-6-5-10-22-19(15)25-12-3-4-13-25)23-11-8-18-24-17(14-27-18)16-7-1-2-9-21-16/h1-2,5-7,9-10,14H,3-4,8,11-13H2,(H,23,26). The SMILES string of the molecule is O=C(NCCc1nc(-c2ccccn2)cs1)c1cccnc1N1CCCC1. The summed E-state index contributed by atoms with van der Waals surface area (Å²) in [4.78, 5) is 28.2. The third kappa shape index (κ3) is 4.14. The fourth-order valence-electron chi connectivity index (χ4n) is 3.19. The minimum Gasteiger partial charge on any atom is -0.356 e. The first-order valence-electron chi connectivity index (χ1n) is 9.15. The first kappa shape index (κ1) is 17.6. The van der Waals surface area contributed by atoms with E-state index in [0.29, 0.717) is 18.5 Å². The van der Waals surface area contributed by atoms with E-state index in [2.05, 4.69) is 25.2 Å². The summed E-state index contributed by atoms with van der Waals surface area (Å²) in [7, 11) is 0. The number of nitrogens with one attached hydrogen (secondary N) is 1. The van der Waals surface area contributed by atoms with E-state index in [1.54, 1.807) is 23.7 Å². The van der Waals surface area contributed by atoms with E-state index in [4.69, 9.17) is 0 Å². The molecule has 3 aromatic heterocycles. The van der Waals surface area contributed by atoms with E-state index < -0.39 is 0 Å². The number of thiazole rings is 1. The number of carbonyl (C=O) groups excluding carboxylic acids is 1. The number of carbonyl (C=O) groups is 1. The number of rotatable bonds is 6. The zero-order valence-corrected chi connectivity index (χ0v) is 15.8. The molecular weight excluding hydrogens is 358 g/mol. The van der Waals surface area contributed by atoms with Gasteiger partial charge in [-0.1, -0.05) is 6.07 Å². The lowest BCUT2D eigenvalue weighted by Gasteiger charge is -2.19. The summed E-state index contributed by atoms with van der Waals surface area (Å²) >= 11 is 1.59. The highest BCUT2D eigenvalue weighted by Gasteiger charge is 2.20. The Morgan fingerprint density at radius 1 is 1.07 bits per heavy atom. The average molecular weight is 379 g/mol. The van der Waals surface area contributed by atoms with Crippen molar-refractivity contribution < 1.29 is 4.79 Å². The van der Waals surface area contributed by atoms with Crippen molar-refractivity contribution in [3.8, 4) is 11.4 Å². The van der Waals surface area contributed by atoms with Crippen molar-refractivity contribution in [2.45, 2.75) is 19.3 Å². The van der Waals surface area contributed by atoms with Crippen LogP contribution in [0.2, 0.25) is 0 Å². The summed E-state index contributed by atoms with van der Waals surface area (Å²) in [5.41, 5.74) is 2.40. The van der Waals surface area contributed by atoms with Gasteiger partial charge < -0.3 is 10.2 Å². The van der Waals surface area contributed by atoms with Crippen LogP contribution in [-0.2, 0) is 6.42 Å². The second kappa shape index (κ2) is 8.26. The molecule has 27 heavy (non-hydrogen) atoms. The Morgan fingerprint density at radius 3 is 2.74 bits per heavy atom. The molecule has 3 aromatic rings. The van der Waals surface area contributed by atoms with Gasteiger partial charge in [0.2, 0.25) is 0 Å². The molecule has 0 saturated carbocycles. The van der Waals surface area contributed by atoms with E-state index in [1.807, 2.05) is 35.7 Å². The van der Waals surface area contributed by atoms with Gasteiger partial charge in [0, 0.05) is 43.8 Å². The molecule has 1 amide bonds. The molecule has 1 N–H and O–H groups in total. The topological polar surface area (TPSA) is 71.0 Å². The molecule has 0 aromatic carbocycles. The van der Waals surface area contributed by atoms with Gasteiger partial charge in [0.15, 0.2) is 0 Å². The zero-order valence-electron chi connectivity index (χ0n) is 15.0. The molecule has 0 radical (unpaired) electrons. The largest absolute Gasteiger partial charge is 0.356 e. The molecule has 0 atom stereocenters. The van der Waals surface area contributed by atoms with Gasteiger partial charge in [-0.15, -0.1) is 11.3 Å². The fourth-order valence-corrected chi connectivity index (χ4v) is 3.98. The van der Waals surface area contributed by atoms with Gasteiger partial charge in [0.05, 0.1) is 22.0 Å². The molecule has 4 rings (SSSR count). The Morgan fingerprint density at radius 2 is 1.93 bits per heavy atom. The lowest BCUT2D eigenvalue weighted by molar-refractivity contribution is 0.0954. The van der Waals surface area contributed by atoms with Crippen molar-refractivity contribution in [2.75, 3.05) is 24.5 Å². The van der Waals surface area contributed by atoms with Gasteiger partial charge in [-0.2, -0.15) is 0 Å². The normalized spacial score (nSPS) is 13.7. The Balaban J connectivity index is 1.36. The molecule has 4 heterocycles. The maximum absolute atomic E-state index is 12.6. The summed E-state index contributed by atoms with van der Waals surface area (Å²) in [6.07, 6.45) is 6.52. The molecule has 1 aliphatic heterocycles. The summed E-state index contributed by atoms with van der Waals surface area (Å²) in [6.45, 7) is 2.47. The van der Waals surface area contributed by atoms with Crippen LogP contribution < -0.4 is 10.2 Å². The van der Waals surface area contributed by atoms with E-state index >= 15 is 0 Å². The average Bonchev–Trinajstić information content (AvgIpc) is 3.41. The minimum atomic E-state index is -0.0773. The molecule has 0 unspecified atom stereocenters. The Hall–Kier alpha value is -2.80. The summed E-state index contributed by atoms with van der Waals surface area (Å²) in [5.74, 6) is 0.714. The lowest BCUT2D eigenvalue weighted by Crippen LogP contribution is -2.29. The molecule has 6 nitrogen and oxygen atoms in total. The van der Waals surface area contributed by atoms with Crippen LogP contribution in [0.25, 0.3) is 11.4 Å². The zero-order chi connectivity index (χ0) is 18.5. The van der Waals surface area contributed by atoms with Gasteiger partial charge in [-0.3, -0.25) is 9.78 Å². The lowest BCUT2D eigenvalue weighted by atomic mass is 10.2. The maximum Gasteiger partial charge on any atom is 0.255 e. The van der Waals surface area contributed by atoms with Gasteiger partial charge >= 0.3 is 0 Å². The van der Waals surface area contributed by atoms with Crippen molar-refractivity contribution in [3.63, 3.8) is 0 Å². The summed E-state index contributed by atoms with van der Waals surface area (Å²) in [5, 5.41) is 6.00. The van der Waals surface area contributed by atoms with Crippen LogP contribution in [0.4, 0.5) is 5.82 Å². The van der Waals surface area contributed by atoms with Crippen LogP contribution in [0, 0.1) is 0 Å².